The van der Waals surface area contributed by atoms with E-state index in [-0.39, 0.29) is 12.2 Å². The van der Waals surface area contributed by atoms with Crippen molar-refractivity contribution in [2.75, 3.05) is 25.2 Å². The minimum absolute atomic E-state index is 0.255. The standard InChI is InChI=1S/C17H21NO4S/c1-21-16(13-7-5-4-6-8-13)17(22-2)14-9-11-15(12-10-14)18-23(3,19)20/h4-12,16-18H,1-3H3/t16-,17-/m0/s1. The van der Waals surface area contributed by atoms with Crippen LogP contribution in [0.3, 0.4) is 0 Å². The molecule has 2 rings (SSSR count). The first-order valence-corrected chi connectivity index (χ1v) is 9.02. The Kier molecular flexibility index (Phi) is 5.76. The van der Waals surface area contributed by atoms with Crippen LogP contribution >= 0.6 is 0 Å². The molecular weight excluding hydrogens is 314 g/mol. The number of nitrogens with one attached hydrogen (secondary N) is 1. The van der Waals surface area contributed by atoms with Gasteiger partial charge >= 0.3 is 0 Å². The number of methoxy groups -OCH3 is 2. The number of hydrogen-bond donors (Lipinski definition) is 1. The van der Waals surface area contributed by atoms with E-state index in [2.05, 4.69) is 4.72 Å². The van der Waals surface area contributed by atoms with Gasteiger partial charge in [-0.15, -0.1) is 0 Å². The van der Waals surface area contributed by atoms with Gasteiger partial charge in [0.2, 0.25) is 10.0 Å². The van der Waals surface area contributed by atoms with E-state index in [1.807, 2.05) is 42.5 Å². The Balaban J connectivity index is 2.26. The average Bonchev–Trinajstić information content (AvgIpc) is 2.53. The smallest absolute Gasteiger partial charge is 0.229 e. The number of sulfonamides is 1. The summed E-state index contributed by atoms with van der Waals surface area (Å²) < 4.78 is 36.2. The first kappa shape index (κ1) is 17.5. The lowest BCUT2D eigenvalue weighted by molar-refractivity contribution is -0.0397. The van der Waals surface area contributed by atoms with E-state index in [0.717, 1.165) is 17.4 Å². The van der Waals surface area contributed by atoms with Crippen molar-refractivity contribution in [2.45, 2.75) is 12.2 Å². The van der Waals surface area contributed by atoms with Crippen LogP contribution < -0.4 is 4.72 Å². The highest BCUT2D eigenvalue weighted by atomic mass is 32.2. The Hall–Kier alpha value is -1.89. The molecule has 2 aromatic rings. The molecule has 0 aliphatic carbocycles. The van der Waals surface area contributed by atoms with Crippen LogP contribution in [0.5, 0.6) is 0 Å². The van der Waals surface area contributed by atoms with Gasteiger partial charge in [-0.1, -0.05) is 42.5 Å². The monoisotopic (exact) mass is 335 g/mol. The Morgan fingerprint density at radius 1 is 0.826 bits per heavy atom. The summed E-state index contributed by atoms with van der Waals surface area (Å²) in [5.74, 6) is 0. The van der Waals surface area contributed by atoms with E-state index in [4.69, 9.17) is 9.47 Å². The highest BCUT2D eigenvalue weighted by Gasteiger charge is 2.24. The van der Waals surface area contributed by atoms with E-state index in [1.165, 1.54) is 0 Å². The molecule has 2 aromatic carbocycles. The Labute approximate surface area is 137 Å². The van der Waals surface area contributed by atoms with Crippen molar-refractivity contribution in [3.05, 3.63) is 65.7 Å². The molecular formula is C17H21NO4S. The molecule has 0 bridgehead atoms. The van der Waals surface area contributed by atoms with E-state index >= 15 is 0 Å². The van der Waals surface area contributed by atoms with Crippen LogP contribution in [0.15, 0.2) is 54.6 Å². The maximum atomic E-state index is 11.3. The van der Waals surface area contributed by atoms with Gasteiger partial charge in [-0.2, -0.15) is 0 Å². The first-order valence-electron chi connectivity index (χ1n) is 7.13. The lowest BCUT2D eigenvalue weighted by Gasteiger charge is -2.26. The van der Waals surface area contributed by atoms with Crippen molar-refractivity contribution >= 4 is 15.7 Å². The van der Waals surface area contributed by atoms with Crippen LogP contribution in [0.2, 0.25) is 0 Å². The summed E-state index contributed by atoms with van der Waals surface area (Å²) in [6.45, 7) is 0. The highest BCUT2D eigenvalue weighted by molar-refractivity contribution is 7.92. The van der Waals surface area contributed by atoms with Gasteiger partial charge in [-0.3, -0.25) is 4.72 Å². The second-order valence-electron chi connectivity index (χ2n) is 5.22. The van der Waals surface area contributed by atoms with Crippen molar-refractivity contribution in [1.82, 2.24) is 0 Å². The molecule has 0 saturated heterocycles. The molecule has 0 spiro atoms. The molecule has 1 N–H and O–H groups in total. The fourth-order valence-electron chi connectivity index (χ4n) is 2.47. The minimum atomic E-state index is -3.29. The summed E-state index contributed by atoms with van der Waals surface area (Å²) in [4.78, 5) is 0. The summed E-state index contributed by atoms with van der Waals surface area (Å²) in [5.41, 5.74) is 2.43. The second kappa shape index (κ2) is 7.59. The van der Waals surface area contributed by atoms with E-state index < -0.39 is 10.0 Å². The van der Waals surface area contributed by atoms with Crippen molar-refractivity contribution in [3.8, 4) is 0 Å². The van der Waals surface area contributed by atoms with Crippen molar-refractivity contribution in [1.29, 1.82) is 0 Å². The van der Waals surface area contributed by atoms with Crippen molar-refractivity contribution in [2.24, 2.45) is 0 Å². The van der Waals surface area contributed by atoms with Gasteiger partial charge in [0.25, 0.3) is 0 Å². The topological polar surface area (TPSA) is 64.6 Å². The minimum Gasteiger partial charge on any atom is -0.374 e. The number of rotatable bonds is 7. The Morgan fingerprint density at radius 2 is 1.30 bits per heavy atom. The van der Waals surface area contributed by atoms with Gasteiger partial charge in [-0.25, -0.2) is 8.42 Å². The van der Waals surface area contributed by atoms with Gasteiger partial charge in [0.1, 0.15) is 12.2 Å². The van der Waals surface area contributed by atoms with Gasteiger partial charge in [0.15, 0.2) is 0 Å². The molecule has 0 amide bonds. The molecule has 5 nitrogen and oxygen atoms in total. The summed E-state index contributed by atoms with van der Waals surface area (Å²) in [6.07, 6.45) is 0.569. The second-order valence-corrected chi connectivity index (χ2v) is 6.97. The van der Waals surface area contributed by atoms with E-state index in [1.54, 1.807) is 26.4 Å². The third-order valence-corrected chi connectivity index (χ3v) is 4.06. The van der Waals surface area contributed by atoms with E-state index in [0.29, 0.717) is 5.69 Å². The van der Waals surface area contributed by atoms with Crippen LogP contribution in [0.25, 0.3) is 0 Å². The van der Waals surface area contributed by atoms with Gasteiger partial charge < -0.3 is 9.47 Å². The van der Waals surface area contributed by atoms with Crippen LogP contribution in [-0.2, 0) is 19.5 Å². The molecule has 2 atom stereocenters. The molecule has 0 unspecified atom stereocenters. The van der Waals surface area contributed by atoms with Crippen molar-refractivity contribution < 1.29 is 17.9 Å². The van der Waals surface area contributed by atoms with Gasteiger partial charge in [-0.05, 0) is 23.3 Å². The summed E-state index contributed by atoms with van der Waals surface area (Å²) in [5, 5.41) is 0. The quantitative estimate of drug-likeness (QED) is 0.844. The van der Waals surface area contributed by atoms with E-state index in [9.17, 15) is 8.42 Å². The zero-order valence-corrected chi connectivity index (χ0v) is 14.2. The molecule has 124 valence electrons. The maximum absolute atomic E-state index is 11.3. The number of anilines is 1. The number of hydrogen-bond acceptors (Lipinski definition) is 4. The van der Waals surface area contributed by atoms with Crippen molar-refractivity contribution in [3.63, 3.8) is 0 Å². The zero-order chi connectivity index (χ0) is 16.9. The fraction of sp³-hybridized carbons (Fsp3) is 0.294. The normalized spacial score (nSPS) is 14.2. The van der Waals surface area contributed by atoms with Crippen LogP contribution in [0.1, 0.15) is 23.3 Å². The van der Waals surface area contributed by atoms with Gasteiger partial charge in [0.05, 0.1) is 6.26 Å². The highest BCUT2D eigenvalue weighted by Crippen LogP contribution is 2.34. The molecule has 23 heavy (non-hydrogen) atoms. The molecule has 0 aliphatic rings. The zero-order valence-electron chi connectivity index (χ0n) is 13.4. The molecule has 0 saturated carbocycles. The molecule has 0 heterocycles. The fourth-order valence-corrected chi connectivity index (χ4v) is 3.03. The number of ether oxygens (including phenoxy) is 2. The predicted octanol–water partition coefficient (Wildman–Crippen LogP) is 3.13. The third kappa shape index (κ3) is 4.79. The number of benzene rings is 2. The SMILES string of the molecule is CO[C@@H](c1ccccc1)[C@@H](OC)c1ccc(NS(C)(=O)=O)cc1. The molecule has 0 fully saturated rings. The predicted molar refractivity (Wildman–Crippen MR) is 90.9 cm³/mol. The molecule has 0 aliphatic heterocycles. The van der Waals surface area contributed by atoms with Gasteiger partial charge in [0, 0.05) is 19.9 Å². The third-order valence-electron chi connectivity index (χ3n) is 3.45. The lowest BCUT2D eigenvalue weighted by Crippen LogP contribution is -2.15. The summed E-state index contributed by atoms with van der Waals surface area (Å²) in [6, 6.07) is 16.9. The first-order chi connectivity index (χ1) is 10.9. The van der Waals surface area contributed by atoms with Crippen LogP contribution in [0.4, 0.5) is 5.69 Å². The Bertz CT molecular complexity index is 714. The molecule has 6 heteroatoms. The van der Waals surface area contributed by atoms with Crippen LogP contribution in [0, 0.1) is 0 Å². The largest absolute Gasteiger partial charge is 0.374 e. The lowest BCUT2D eigenvalue weighted by atomic mass is 9.98. The molecule has 0 aromatic heterocycles. The summed E-state index contributed by atoms with van der Waals surface area (Å²) in [7, 11) is -0.0163. The average molecular weight is 335 g/mol. The maximum Gasteiger partial charge on any atom is 0.229 e. The Morgan fingerprint density at radius 3 is 1.74 bits per heavy atom. The summed E-state index contributed by atoms with van der Waals surface area (Å²) >= 11 is 0. The molecule has 0 radical (unpaired) electrons. The van der Waals surface area contributed by atoms with Crippen LogP contribution in [-0.4, -0.2) is 28.9 Å².